The third kappa shape index (κ3) is 3.12. The van der Waals surface area contributed by atoms with Crippen molar-refractivity contribution in [1.29, 1.82) is 0 Å². The second-order valence-electron chi connectivity index (χ2n) is 6.50. The minimum atomic E-state index is -0.482. The number of aliphatic hydroxyl groups excluding tert-OH is 1. The monoisotopic (exact) mass is 335 g/mol. The Hall–Kier alpha value is -2.39. The lowest BCUT2D eigenvalue weighted by Crippen LogP contribution is -2.02. The lowest BCUT2D eigenvalue weighted by molar-refractivity contribution is 0.167. The van der Waals surface area contributed by atoms with Crippen molar-refractivity contribution in [3.05, 3.63) is 59.3 Å². The van der Waals surface area contributed by atoms with Gasteiger partial charge in [0, 0.05) is 28.3 Å². The fourth-order valence-electron chi connectivity index (χ4n) is 3.52. The van der Waals surface area contributed by atoms with Gasteiger partial charge in [0.2, 0.25) is 0 Å². The second kappa shape index (κ2) is 7.24. The number of benzene rings is 2. The van der Waals surface area contributed by atoms with Crippen LogP contribution in [0.25, 0.3) is 22.0 Å². The molecular formula is C22H25NO2. The highest BCUT2D eigenvalue weighted by Crippen LogP contribution is 2.37. The molecule has 0 saturated carbocycles. The number of fused-ring (bicyclic) bond motifs is 1. The maximum absolute atomic E-state index is 10.5. The summed E-state index contributed by atoms with van der Waals surface area (Å²) in [5, 5.41) is 12.6. The van der Waals surface area contributed by atoms with Gasteiger partial charge >= 0.3 is 0 Å². The lowest BCUT2D eigenvalue weighted by atomic mass is 9.92. The smallest absolute Gasteiger partial charge is 0.122 e. The number of ether oxygens (including phenoxy) is 1. The maximum atomic E-state index is 10.5. The van der Waals surface area contributed by atoms with Crippen LogP contribution in [0.15, 0.2) is 42.6 Å². The first-order chi connectivity index (χ1) is 12.1. The largest absolute Gasteiger partial charge is 0.496 e. The average Bonchev–Trinajstić information content (AvgIpc) is 2.62. The normalized spacial score (nSPS) is 12.4. The Morgan fingerprint density at radius 2 is 1.80 bits per heavy atom. The molecule has 1 aromatic heterocycles. The van der Waals surface area contributed by atoms with Gasteiger partial charge in [-0.15, -0.1) is 0 Å². The summed E-state index contributed by atoms with van der Waals surface area (Å²) in [6.45, 7) is 6.24. The first-order valence-electron chi connectivity index (χ1n) is 8.78. The number of aryl methyl sites for hydroxylation is 1. The molecular weight excluding hydrogens is 310 g/mol. The van der Waals surface area contributed by atoms with E-state index in [1.165, 1.54) is 0 Å². The molecule has 25 heavy (non-hydrogen) atoms. The van der Waals surface area contributed by atoms with Crippen molar-refractivity contribution in [2.45, 2.75) is 39.7 Å². The zero-order valence-corrected chi connectivity index (χ0v) is 15.3. The lowest BCUT2D eigenvalue weighted by Gasteiger charge is -2.18. The standard InChI is InChI=1S/C22H25NO2/c1-5-8-19(24)18-13-23-22(17-10-7-6-9-16(17)18)21-14(2)11-12-20(25-4)15(21)3/h6-7,9-13,19,24H,5,8H2,1-4H3. The van der Waals surface area contributed by atoms with Gasteiger partial charge in [-0.05, 0) is 37.3 Å². The van der Waals surface area contributed by atoms with Gasteiger partial charge in [-0.1, -0.05) is 43.7 Å². The molecule has 0 aliphatic heterocycles. The minimum Gasteiger partial charge on any atom is -0.496 e. The zero-order chi connectivity index (χ0) is 18.0. The number of aliphatic hydroxyl groups is 1. The highest BCUT2D eigenvalue weighted by Gasteiger charge is 2.18. The SMILES string of the molecule is CCCC(O)c1cnc(-c2c(C)ccc(OC)c2C)c2ccccc12. The minimum absolute atomic E-state index is 0.482. The highest BCUT2D eigenvalue weighted by atomic mass is 16.5. The molecule has 3 heteroatoms. The molecule has 3 aromatic rings. The number of nitrogens with zero attached hydrogens (tertiary/aromatic N) is 1. The van der Waals surface area contributed by atoms with E-state index in [9.17, 15) is 5.11 Å². The Bertz CT molecular complexity index is 902. The predicted molar refractivity (Wildman–Crippen MR) is 103 cm³/mol. The summed E-state index contributed by atoms with van der Waals surface area (Å²) in [6, 6.07) is 12.2. The maximum Gasteiger partial charge on any atom is 0.122 e. The molecule has 130 valence electrons. The number of rotatable bonds is 5. The van der Waals surface area contributed by atoms with Crippen LogP contribution >= 0.6 is 0 Å². The van der Waals surface area contributed by atoms with E-state index < -0.39 is 6.10 Å². The van der Waals surface area contributed by atoms with E-state index in [1.54, 1.807) is 7.11 Å². The van der Waals surface area contributed by atoms with Crippen LogP contribution in [0.4, 0.5) is 0 Å². The van der Waals surface area contributed by atoms with E-state index in [-0.39, 0.29) is 0 Å². The van der Waals surface area contributed by atoms with Crippen LogP contribution in [0.2, 0.25) is 0 Å². The average molecular weight is 335 g/mol. The van der Waals surface area contributed by atoms with Crippen molar-refractivity contribution >= 4 is 10.8 Å². The summed E-state index contributed by atoms with van der Waals surface area (Å²) in [7, 11) is 1.69. The Morgan fingerprint density at radius 3 is 2.48 bits per heavy atom. The molecule has 1 heterocycles. The van der Waals surface area contributed by atoms with Crippen LogP contribution in [0, 0.1) is 13.8 Å². The molecule has 0 fully saturated rings. The van der Waals surface area contributed by atoms with Crippen molar-refractivity contribution in [2.75, 3.05) is 7.11 Å². The molecule has 0 spiro atoms. The topological polar surface area (TPSA) is 42.4 Å². The number of hydrogen-bond donors (Lipinski definition) is 1. The van der Waals surface area contributed by atoms with Gasteiger partial charge < -0.3 is 9.84 Å². The van der Waals surface area contributed by atoms with Crippen molar-refractivity contribution in [2.24, 2.45) is 0 Å². The molecule has 1 N–H and O–H groups in total. The fourth-order valence-corrected chi connectivity index (χ4v) is 3.52. The van der Waals surface area contributed by atoms with E-state index in [0.717, 1.165) is 57.3 Å². The summed E-state index contributed by atoms with van der Waals surface area (Å²) >= 11 is 0. The first kappa shape index (κ1) is 17.4. The highest BCUT2D eigenvalue weighted by molar-refractivity contribution is 5.98. The molecule has 1 atom stereocenters. The molecule has 0 aliphatic rings. The van der Waals surface area contributed by atoms with E-state index in [2.05, 4.69) is 39.0 Å². The van der Waals surface area contributed by atoms with E-state index in [0.29, 0.717) is 0 Å². The van der Waals surface area contributed by atoms with Gasteiger partial charge in [-0.3, -0.25) is 4.98 Å². The van der Waals surface area contributed by atoms with Crippen molar-refractivity contribution in [3.63, 3.8) is 0 Å². The summed E-state index contributed by atoms with van der Waals surface area (Å²) in [6.07, 6.45) is 3.02. The molecule has 0 aliphatic carbocycles. The summed E-state index contributed by atoms with van der Waals surface area (Å²) in [4.78, 5) is 4.76. The van der Waals surface area contributed by atoms with Crippen molar-refractivity contribution in [1.82, 2.24) is 4.98 Å². The van der Waals surface area contributed by atoms with Gasteiger partial charge in [0.05, 0.1) is 18.9 Å². The second-order valence-corrected chi connectivity index (χ2v) is 6.50. The zero-order valence-electron chi connectivity index (χ0n) is 15.3. The summed E-state index contributed by atoms with van der Waals surface area (Å²) in [5.41, 5.74) is 5.20. The molecule has 2 aromatic carbocycles. The van der Waals surface area contributed by atoms with Gasteiger partial charge in [0.15, 0.2) is 0 Å². The quantitative estimate of drug-likeness (QED) is 0.682. The van der Waals surface area contributed by atoms with Crippen LogP contribution in [-0.4, -0.2) is 17.2 Å². The molecule has 0 radical (unpaired) electrons. The predicted octanol–water partition coefficient (Wildman–Crippen LogP) is 5.36. The Morgan fingerprint density at radius 1 is 1.08 bits per heavy atom. The van der Waals surface area contributed by atoms with E-state index >= 15 is 0 Å². The van der Waals surface area contributed by atoms with Crippen LogP contribution in [0.5, 0.6) is 5.75 Å². The third-order valence-corrected chi connectivity index (χ3v) is 4.83. The van der Waals surface area contributed by atoms with Crippen molar-refractivity contribution in [3.8, 4) is 17.0 Å². The van der Waals surface area contributed by atoms with Crippen molar-refractivity contribution < 1.29 is 9.84 Å². The molecule has 0 saturated heterocycles. The molecule has 0 bridgehead atoms. The molecule has 1 unspecified atom stereocenters. The van der Waals surface area contributed by atoms with Crippen LogP contribution in [0.3, 0.4) is 0 Å². The first-order valence-corrected chi connectivity index (χ1v) is 8.78. The molecule has 3 nitrogen and oxygen atoms in total. The van der Waals surface area contributed by atoms with Gasteiger partial charge in [0.25, 0.3) is 0 Å². The number of methoxy groups -OCH3 is 1. The summed E-state index contributed by atoms with van der Waals surface area (Å²) < 4.78 is 5.50. The summed E-state index contributed by atoms with van der Waals surface area (Å²) in [5.74, 6) is 0.863. The van der Waals surface area contributed by atoms with E-state index in [4.69, 9.17) is 9.72 Å². The number of pyridine rings is 1. The Labute approximate surface area is 149 Å². The fraction of sp³-hybridized carbons (Fsp3) is 0.318. The number of aromatic nitrogens is 1. The Kier molecular flexibility index (Phi) is 5.05. The van der Waals surface area contributed by atoms with Crippen LogP contribution in [0.1, 0.15) is 42.6 Å². The Balaban J connectivity index is 2.28. The third-order valence-electron chi connectivity index (χ3n) is 4.83. The molecule has 3 rings (SSSR count). The number of hydrogen-bond acceptors (Lipinski definition) is 3. The van der Waals surface area contributed by atoms with Crippen LogP contribution in [-0.2, 0) is 0 Å². The van der Waals surface area contributed by atoms with Gasteiger partial charge in [-0.25, -0.2) is 0 Å². The van der Waals surface area contributed by atoms with Gasteiger partial charge in [0.1, 0.15) is 5.75 Å². The van der Waals surface area contributed by atoms with Gasteiger partial charge in [-0.2, -0.15) is 0 Å². The van der Waals surface area contributed by atoms with Crippen LogP contribution < -0.4 is 4.74 Å². The van der Waals surface area contributed by atoms with E-state index in [1.807, 2.05) is 24.4 Å². The molecule has 0 amide bonds.